The topological polar surface area (TPSA) is 278 Å². The standard InChI is InChI=1S/C54H83N3O16P2/c1-3-5-7-9-11-13-15-17-18-19-20-21-22-23-25-27-29-31-33-37-50(59)70-44(41-67-49(58)38-34-36-46-45(71-46)35-32-30-28-26-24-16-14-12-10-8-6-4-2)42-68-74(63,64)73-75(65,66)69-43-47-51(60)52(61)53(72-47)57-40-39-48(55)56-54(57)62/h11-14,17-18,20-21,23-26,29-32,39-40,44-47,51-53,60-61H,3-10,15-16,19,22,27-28,33-38,41-43H2,1-2H3,(H,63,64)(H,65,66)(H2,55,56,62)/b13-11-,14-12-,18-17-,21-20-,25-23-,26-24-,31-29-,32-30-/t44-,45?,46?,47-,51-,52-,53-/m1/s1. The molecule has 21 heteroatoms. The van der Waals surface area contributed by atoms with Crippen molar-refractivity contribution in [2.24, 2.45) is 0 Å². The van der Waals surface area contributed by atoms with Crippen LogP contribution in [0.3, 0.4) is 0 Å². The largest absolute Gasteiger partial charge is 0.481 e. The number of anilines is 1. The number of ether oxygens (including phenoxy) is 4. The molecular formula is C54H83N3O16P2. The highest BCUT2D eigenvalue weighted by molar-refractivity contribution is 7.61. The molecule has 1 aromatic heterocycles. The highest BCUT2D eigenvalue weighted by Gasteiger charge is 2.46. The number of unbranched alkanes of at least 4 members (excludes halogenated alkanes) is 6. The summed E-state index contributed by atoms with van der Waals surface area (Å²) in [6.07, 6.45) is 43.7. The zero-order valence-electron chi connectivity index (χ0n) is 43.8. The van der Waals surface area contributed by atoms with Crippen molar-refractivity contribution in [2.75, 3.05) is 25.6 Å². The molecule has 19 nitrogen and oxygen atoms in total. The van der Waals surface area contributed by atoms with Crippen LogP contribution in [-0.4, -0.2) is 97.9 Å². The van der Waals surface area contributed by atoms with Crippen LogP contribution in [0.2, 0.25) is 0 Å². The van der Waals surface area contributed by atoms with Crippen molar-refractivity contribution in [3.05, 3.63) is 120 Å². The van der Waals surface area contributed by atoms with Gasteiger partial charge in [-0.05, 0) is 96.0 Å². The number of hydrogen-bond donors (Lipinski definition) is 5. The van der Waals surface area contributed by atoms with Crippen molar-refractivity contribution in [1.29, 1.82) is 0 Å². The molecule has 9 atom stereocenters. The SMILES string of the molecule is CCCCC/C=C\C/C=C\C/C=C\C/C=C\C/C=C\CCC(=O)O[C@H](COC(=O)CCCC1OC1C/C=C\C/C=C\C/C=C\CCCCC)COP(=O)(O)OP(=O)(O)OC[C@H]1O[C@@H](n2ccc(N)nc2=O)[C@H](O)[C@@H]1O. The third-order valence-electron chi connectivity index (χ3n) is 11.6. The lowest BCUT2D eigenvalue weighted by molar-refractivity contribution is -0.161. The number of allylic oxidation sites excluding steroid dienone is 15. The number of esters is 2. The van der Waals surface area contributed by atoms with E-state index in [4.69, 9.17) is 33.7 Å². The van der Waals surface area contributed by atoms with Crippen molar-refractivity contribution in [2.45, 2.75) is 185 Å². The molecule has 6 N–H and O–H groups in total. The van der Waals surface area contributed by atoms with Gasteiger partial charge in [-0.15, -0.1) is 0 Å². The number of rotatable bonds is 41. The van der Waals surface area contributed by atoms with E-state index in [0.717, 1.165) is 62.1 Å². The Hall–Kier alpha value is -4.36. The van der Waals surface area contributed by atoms with Gasteiger partial charge in [-0.25, -0.2) is 13.9 Å². The predicted octanol–water partition coefficient (Wildman–Crippen LogP) is 10.2. The fourth-order valence-corrected chi connectivity index (χ4v) is 9.49. The maximum atomic E-state index is 12.9. The molecule has 2 aliphatic heterocycles. The van der Waals surface area contributed by atoms with E-state index in [1.807, 2.05) is 18.2 Å². The number of carbonyl (C=O) groups excluding carboxylic acids is 2. The summed E-state index contributed by atoms with van der Waals surface area (Å²) in [7, 11) is -10.9. The van der Waals surface area contributed by atoms with Crippen molar-refractivity contribution in [1.82, 2.24) is 9.55 Å². The molecule has 75 heavy (non-hydrogen) atoms. The van der Waals surface area contributed by atoms with Crippen LogP contribution in [0.4, 0.5) is 5.82 Å². The number of aliphatic hydroxyl groups excluding tert-OH is 2. The Labute approximate surface area is 443 Å². The molecule has 3 rings (SSSR count). The van der Waals surface area contributed by atoms with Gasteiger partial charge in [-0.2, -0.15) is 9.29 Å². The summed E-state index contributed by atoms with van der Waals surface area (Å²) in [5.41, 5.74) is 4.58. The first-order valence-electron chi connectivity index (χ1n) is 26.4. The van der Waals surface area contributed by atoms with E-state index in [-0.39, 0.29) is 30.9 Å². The summed E-state index contributed by atoms with van der Waals surface area (Å²) in [5, 5.41) is 20.9. The number of nitrogen functional groups attached to an aromatic ring is 1. The highest BCUT2D eigenvalue weighted by atomic mass is 31.3. The second kappa shape index (κ2) is 38.2. The van der Waals surface area contributed by atoms with Gasteiger partial charge in [0, 0.05) is 19.0 Å². The average molecular weight is 1090 g/mol. The minimum atomic E-state index is -5.47. The minimum Gasteiger partial charge on any atom is -0.462 e. The van der Waals surface area contributed by atoms with Crippen LogP contribution < -0.4 is 11.4 Å². The Bertz CT molecular complexity index is 2210. The highest BCUT2D eigenvalue weighted by Crippen LogP contribution is 2.60. The lowest BCUT2D eigenvalue weighted by Crippen LogP contribution is -2.36. The van der Waals surface area contributed by atoms with Crippen LogP contribution in [0, 0.1) is 0 Å². The van der Waals surface area contributed by atoms with E-state index in [9.17, 15) is 43.5 Å². The quantitative estimate of drug-likeness (QED) is 0.0134. The summed E-state index contributed by atoms with van der Waals surface area (Å²) >= 11 is 0. The number of epoxide rings is 1. The molecule has 3 heterocycles. The molecule has 0 bridgehead atoms. The summed E-state index contributed by atoms with van der Waals surface area (Å²) in [4.78, 5) is 62.1. The monoisotopic (exact) mass is 1090 g/mol. The first-order chi connectivity index (χ1) is 36.1. The number of nitrogens with zero attached hydrogens (tertiary/aromatic N) is 2. The number of carbonyl (C=O) groups is 2. The first kappa shape index (κ1) is 64.9. The van der Waals surface area contributed by atoms with E-state index < -0.39 is 83.7 Å². The number of phosphoric ester groups is 2. The maximum absolute atomic E-state index is 12.9. The van der Waals surface area contributed by atoms with Crippen molar-refractivity contribution in [3.63, 3.8) is 0 Å². The Morgan fingerprint density at radius 2 is 1.20 bits per heavy atom. The summed E-state index contributed by atoms with van der Waals surface area (Å²) < 4.78 is 62.5. The Balaban J connectivity index is 1.44. The van der Waals surface area contributed by atoms with Gasteiger partial charge in [0.25, 0.3) is 0 Å². The molecule has 4 unspecified atom stereocenters. The number of aliphatic hydroxyl groups is 2. The summed E-state index contributed by atoms with van der Waals surface area (Å²) in [5.74, 6) is -1.49. The van der Waals surface area contributed by atoms with Gasteiger partial charge in [-0.1, -0.05) is 137 Å². The van der Waals surface area contributed by atoms with Gasteiger partial charge >= 0.3 is 33.3 Å². The van der Waals surface area contributed by atoms with Crippen molar-refractivity contribution < 1.29 is 71.0 Å². The van der Waals surface area contributed by atoms with Crippen molar-refractivity contribution in [3.8, 4) is 0 Å². The molecule has 0 spiro atoms. The van der Waals surface area contributed by atoms with Crippen LogP contribution in [0.5, 0.6) is 0 Å². The number of nitrogens with two attached hydrogens (primary N) is 1. The first-order valence-corrected chi connectivity index (χ1v) is 29.4. The molecule has 0 aromatic carbocycles. The van der Waals surface area contributed by atoms with E-state index in [1.54, 1.807) is 6.08 Å². The zero-order chi connectivity index (χ0) is 54.6. The number of aromatic nitrogens is 2. The fourth-order valence-electron chi connectivity index (χ4n) is 7.38. The van der Waals surface area contributed by atoms with Crippen LogP contribution in [0.15, 0.2) is 114 Å². The molecule has 2 fully saturated rings. The van der Waals surface area contributed by atoms with E-state index in [2.05, 4.69) is 96.1 Å². The molecule has 2 aliphatic rings. The van der Waals surface area contributed by atoms with Gasteiger partial charge in [0.2, 0.25) is 0 Å². The third-order valence-corrected chi connectivity index (χ3v) is 14.2. The van der Waals surface area contributed by atoms with Crippen LogP contribution in [-0.2, 0) is 51.0 Å². The lowest BCUT2D eigenvalue weighted by atomic mass is 10.1. The van der Waals surface area contributed by atoms with Crippen LogP contribution in [0.25, 0.3) is 0 Å². The Morgan fingerprint density at radius 1 is 0.667 bits per heavy atom. The Kier molecular flexibility index (Phi) is 33.1. The minimum absolute atomic E-state index is 0.0167. The molecule has 0 saturated carbocycles. The number of phosphoric acid groups is 2. The van der Waals surface area contributed by atoms with E-state index >= 15 is 0 Å². The average Bonchev–Trinajstić information content (AvgIpc) is 4.06. The molecule has 2 saturated heterocycles. The molecule has 0 aliphatic carbocycles. The fraction of sp³-hybridized carbons (Fsp3) is 0.593. The van der Waals surface area contributed by atoms with Crippen molar-refractivity contribution >= 4 is 33.4 Å². The lowest BCUT2D eigenvalue weighted by Gasteiger charge is -2.21. The molecule has 0 amide bonds. The van der Waals surface area contributed by atoms with Gasteiger partial charge in [0.05, 0.1) is 25.4 Å². The summed E-state index contributed by atoms with van der Waals surface area (Å²) in [6.45, 7) is 1.95. The molecule has 0 radical (unpaired) electrons. The molecular weight excluding hydrogens is 1010 g/mol. The van der Waals surface area contributed by atoms with Crippen LogP contribution in [0.1, 0.15) is 148 Å². The van der Waals surface area contributed by atoms with Gasteiger partial charge in [0.15, 0.2) is 12.3 Å². The van der Waals surface area contributed by atoms with Crippen LogP contribution >= 0.6 is 15.6 Å². The van der Waals surface area contributed by atoms with E-state index in [0.29, 0.717) is 25.7 Å². The number of hydrogen-bond acceptors (Lipinski definition) is 16. The van der Waals surface area contributed by atoms with Gasteiger partial charge in [0.1, 0.15) is 30.7 Å². The zero-order valence-corrected chi connectivity index (χ0v) is 45.5. The second-order valence-corrected chi connectivity index (χ2v) is 21.1. The molecule has 1 aromatic rings. The second-order valence-electron chi connectivity index (χ2n) is 18.1. The normalized spacial score (nSPS) is 22.3. The smallest absolute Gasteiger partial charge is 0.462 e. The molecule has 420 valence electrons. The van der Waals surface area contributed by atoms with Gasteiger partial charge < -0.3 is 44.7 Å². The maximum Gasteiger partial charge on any atom is 0.481 e. The summed E-state index contributed by atoms with van der Waals surface area (Å²) in [6, 6.07) is 1.24. The Morgan fingerprint density at radius 3 is 1.76 bits per heavy atom. The van der Waals surface area contributed by atoms with Gasteiger partial charge in [-0.3, -0.25) is 23.2 Å². The predicted molar refractivity (Wildman–Crippen MR) is 288 cm³/mol. The van der Waals surface area contributed by atoms with E-state index in [1.165, 1.54) is 44.6 Å². The third kappa shape index (κ3) is 30.2.